The van der Waals surface area contributed by atoms with E-state index < -0.39 is 6.10 Å². The van der Waals surface area contributed by atoms with Crippen molar-refractivity contribution in [2.75, 3.05) is 20.3 Å². The van der Waals surface area contributed by atoms with Crippen LogP contribution in [0.25, 0.3) is 0 Å². The molecular formula is C16H17NO4. The fraction of sp³-hybridized carbons (Fsp3) is 0.312. The van der Waals surface area contributed by atoms with Crippen molar-refractivity contribution in [3.05, 3.63) is 47.7 Å². The number of methoxy groups -OCH3 is 1. The summed E-state index contributed by atoms with van der Waals surface area (Å²) < 4.78 is 16.2. The maximum absolute atomic E-state index is 10.5. The van der Waals surface area contributed by atoms with E-state index in [2.05, 4.69) is 4.98 Å². The second kappa shape index (κ2) is 6.01. The predicted octanol–water partition coefficient (Wildman–Crippen LogP) is 2.33. The van der Waals surface area contributed by atoms with E-state index >= 15 is 0 Å². The molecule has 0 spiro atoms. The highest BCUT2D eigenvalue weighted by Crippen LogP contribution is 2.34. The molecule has 1 atom stereocenters. The first kappa shape index (κ1) is 13.7. The standard InChI is InChI=1S/C16H17NO4/c1-19-15-6-4-12(10-17-15)16(18)11-3-5-13-14(9-11)21-8-2-7-20-13/h3-6,9-10,16,18H,2,7-8H2,1H3. The lowest BCUT2D eigenvalue weighted by molar-refractivity contribution is 0.218. The van der Waals surface area contributed by atoms with Gasteiger partial charge in [0.05, 0.1) is 20.3 Å². The van der Waals surface area contributed by atoms with Crippen LogP contribution in [0.1, 0.15) is 23.7 Å². The average molecular weight is 287 g/mol. The SMILES string of the molecule is COc1ccc(C(O)c2ccc3c(c2)OCCCO3)cn1. The summed E-state index contributed by atoms with van der Waals surface area (Å²) in [6, 6.07) is 9.00. The van der Waals surface area contributed by atoms with E-state index in [1.807, 2.05) is 18.2 Å². The zero-order valence-electron chi connectivity index (χ0n) is 11.8. The monoisotopic (exact) mass is 287 g/mol. The second-order valence-electron chi connectivity index (χ2n) is 4.79. The van der Waals surface area contributed by atoms with Crippen LogP contribution in [-0.2, 0) is 0 Å². The van der Waals surface area contributed by atoms with Crippen LogP contribution in [-0.4, -0.2) is 30.4 Å². The Balaban J connectivity index is 1.86. The van der Waals surface area contributed by atoms with Gasteiger partial charge in [-0.15, -0.1) is 0 Å². The molecule has 1 aromatic carbocycles. The lowest BCUT2D eigenvalue weighted by Gasteiger charge is -2.14. The van der Waals surface area contributed by atoms with Crippen LogP contribution in [0.4, 0.5) is 0 Å². The van der Waals surface area contributed by atoms with E-state index in [0.29, 0.717) is 30.4 Å². The number of pyridine rings is 1. The molecule has 3 rings (SSSR count). The maximum atomic E-state index is 10.5. The third-order valence-electron chi connectivity index (χ3n) is 3.37. The first-order valence-electron chi connectivity index (χ1n) is 6.85. The van der Waals surface area contributed by atoms with E-state index in [1.54, 1.807) is 25.4 Å². The van der Waals surface area contributed by atoms with Gasteiger partial charge in [-0.2, -0.15) is 0 Å². The smallest absolute Gasteiger partial charge is 0.212 e. The van der Waals surface area contributed by atoms with Crippen molar-refractivity contribution in [2.45, 2.75) is 12.5 Å². The van der Waals surface area contributed by atoms with E-state index in [9.17, 15) is 5.11 Å². The van der Waals surface area contributed by atoms with E-state index in [-0.39, 0.29) is 0 Å². The van der Waals surface area contributed by atoms with Gasteiger partial charge >= 0.3 is 0 Å². The van der Waals surface area contributed by atoms with Crippen LogP contribution in [0.15, 0.2) is 36.5 Å². The average Bonchev–Trinajstić information content (AvgIpc) is 2.79. The lowest BCUT2D eigenvalue weighted by atomic mass is 10.0. The first-order valence-corrected chi connectivity index (χ1v) is 6.85. The lowest BCUT2D eigenvalue weighted by Crippen LogP contribution is -2.02. The number of aliphatic hydroxyl groups excluding tert-OH is 1. The van der Waals surface area contributed by atoms with Gasteiger partial charge in [0.2, 0.25) is 5.88 Å². The highest BCUT2D eigenvalue weighted by atomic mass is 16.5. The highest BCUT2D eigenvalue weighted by Gasteiger charge is 2.16. The molecule has 0 saturated heterocycles. The third-order valence-corrected chi connectivity index (χ3v) is 3.37. The number of fused-ring (bicyclic) bond motifs is 1. The minimum absolute atomic E-state index is 0.518. The highest BCUT2D eigenvalue weighted by molar-refractivity contribution is 5.45. The maximum Gasteiger partial charge on any atom is 0.212 e. The first-order chi connectivity index (χ1) is 10.3. The molecule has 21 heavy (non-hydrogen) atoms. The number of hydrogen-bond donors (Lipinski definition) is 1. The van der Waals surface area contributed by atoms with Crippen molar-refractivity contribution in [2.24, 2.45) is 0 Å². The fourth-order valence-corrected chi connectivity index (χ4v) is 2.22. The van der Waals surface area contributed by atoms with Gasteiger partial charge in [-0.1, -0.05) is 6.07 Å². The van der Waals surface area contributed by atoms with Crippen molar-refractivity contribution in [1.29, 1.82) is 0 Å². The van der Waals surface area contributed by atoms with Crippen LogP contribution >= 0.6 is 0 Å². The number of hydrogen-bond acceptors (Lipinski definition) is 5. The van der Waals surface area contributed by atoms with Gasteiger partial charge in [-0.25, -0.2) is 4.98 Å². The van der Waals surface area contributed by atoms with E-state index in [1.165, 1.54) is 0 Å². The Labute approximate surface area is 123 Å². The summed E-state index contributed by atoms with van der Waals surface area (Å²) in [6.07, 6.45) is 1.70. The zero-order valence-corrected chi connectivity index (χ0v) is 11.8. The molecule has 1 aliphatic rings. The minimum atomic E-state index is -0.763. The molecule has 0 radical (unpaired) electrons. The number of nitrogens with zero attached hydrogens (tertiary/aromatic N) is 1. The van der Waals surface area contributed by atoms with E-state index in [0.717, 1.165) is 17.7 Å². The Morgan fingerprint density at radius 3 is 2.57 bits per heavy atom. The number of aromatic nitrogens is 1. The summed E-state index contributed by atoms with van der Waals surface area (Å²) in [7, 11) is 1.56. The fourth-order valence-electron chi connectivity index (χ4n) is 2.22. The van der Waals surface area contributed by atoms with E-state index in [4.69, 9.17) is 14.2 Å². The number of aliphatic hydroxyl groups is 1. The second-order valence-corrected chi connectivity index (χ2v) is 4.79. The summed E-state index contributed by atoms with van der Waals surface area (Å²) in [4.78, 5) is 4.11. The molecule has 5 heteroatoms. The summed E-state index contributed by atoms with van der Waals surface area (Å²) in [5, 5.41) is 10.5. The van der Waals surface area contributed by atoms with Gasteiger partial charge in [-0.3, -0.25) is 0 Å². The Bertz CT molecular complexity index is 612. The van der Waals surface area contributed by atoms with Gasteiger partial charge in [0.1, 0.15) is 6.10 Å². The zero-order chi connectivity index (χ0) is 14.7. The molecule has 0 saturated carbocycles. The molecule has 1 N–H and O–H groups in total. The summed E-state index contributed by atoms with van der Waals surface area (Å²) in [5.74, 6) is 1.91. The van der Waals surface area contributed by atoms with Crippen molar-refractivity contribution in [3.63, 3.8) is 0 Å². The molecule has 2 aromatic rings. The van der Waals surface area contributed by atoms with Crippen molar-refractivity contribution >= 4 is 0 Å². The Hall–Kier alpha value is -2.27. The molecule has 0 fully saturated rings. The Morgan fingerprint density at radius 2 is 1.86 bits per heavy atom. The van der Waals surface area contributed by atoms with Gasteiger partial charge in [-0.05, 0) is 23.8 Å². The van der Waals surface area contributed by atoms with Crippen LogP contribution in [0, 0.1) is 0 Å². The molecule has 1 aromatic heterocycles. The predicted molar refractivity (Wildman–Crippen MR) is 76.9 cm³/mol. The number of ether oxygens (including phenoxy) is 3. The van der Waals surface area contributed by atoms with Gasteiger partial charge in [0.15, 0.2) is 11.5 Å². The van der Waals surface area contributed by atoms with Crippen molar-refractivity contribution < 1.29 is 19.3 Å². The molecule has 0 bridgehead atoms. The summed E-state index contributed by atoms with van der Waals surface area (Å²) in [6.45, 7) is 1.27. The topological polar surface area (TPSA) is 60.8 Å². The van der Waals surface area contributed by atoms with Gasteiger partial charge < -0.3 is 19.3 Å². The molecular weight excluding hydrogens is 270 g/mol. The molecule has 1 unspecified atom stereocenters. The van der Waals surface area contributed by atoms with Gasteiger partial charge in [0, 0.05) is 24.2 Å². The molecule has 0 amide bonds. The van der Waals surface area contributed by atoms with Crippen LogP contribution in [0.2, 0.25) is 0 Å². The van der Waals surface area contributed by atoms with Crippen molar-refractivity contribution in [3.8, 4) is 17.4 Å². The Kier molecular flexibility index (Phi) is 3.92. The largest absolute Gasteiger partial charge is 0.490 e. The molecule has 1 aliphatic heterocycles. The number of benzene rings is 1. The molecule has 0 aliphatic carbocycles. The molecule has 110 valence electrons. The Morgan fingerprint density at radius 1 is 1.10 bits per heavy atom. The third kappa shape index (κ3) is 2.92. The van der Waals surface area contributed by atoms with Gasteiger partial charge in [0.25, 0.3) is 0 Å². The molecule has 2 heterocycles. The molecule has 5 nitrogen and oxygen atoms in total. The summed E-state index contributed by atoms with van der Waals surface area (Å²) >= 11 is 0. The van der Waals surface area contributed by atoms with Crippen LogP contribution in [0.5, 0.6) is 17.4 Å². The van der Waals surface area contributed by atoms with Crippen LogP contribution in [0.3, 0.4) is 0 Å². The van der Waals surface area contributed by atoms with Crippen molar-refractivity contribution in [1.82, 2.24) is 4.98 Å². The normalized spacial score (nSPS) is 15.1. The summed E-state index contributed by atoms with van der Waals surface area (Å²) in [5.41, 5.74) is 1.44. The van der Waals surface area contributed by atoms with Crippen LogP contribution < -0.4 is 14.2 Å². The number of rotatable bonds is 3. The minimum Gasteiger partial charge on any atom is -0.490 e. The quantitative estimate of drug-likeness (QED) is 0.939.